The van der Waals surface area contributed by atoms with Crippen molar-refractivity contribution in [3.05, 3.63) is 53.3 Å². The molecule has 1 aliphatic rings. The maximum absolute atomic E-state index is 13.0. The average Bonchev–Trinajstić information content (AvgIpc) is 3.17. The summed E-state index contributed by atoms with van der Waals surface area (Å²) in [5.41, 5.74) is 1.16. The number of hydrogen-bond donors (Lipinski definition) is 2. The molecule has 1 aromatic carbocycles. The van der Waals surface area contributed by atoms with Crippen molar-refractivity contribution in [2.24, 2.45) is 12.0 Å². The molecule has 0 amide bonds. The Bertz CT molecular complexity index is 850. The first kappa shape index (κ1) is 26.4. The van der Waals surface area contributed by atoms with Gasteiger partial charge in [-0.15, -0.1) is 24.0 Å². The van der Waals surface area contributed by atoms with Crippen LogP contribution in [0.4, 0.5) is 13.2 Å². The molecule has 11 heteroatoms. The fraction of sp³-hybridized carbons (Fsp3) is 0.524. The fourth-order valence-corrected chi connectivity index (χ4v) is 3.49. The van der Waals surface area contributed by atoms with Crippen molar-refractivity contribution in [3.63, 3.8) is 0 Å². The number of halogens is 4. The Morgan fingerprint density at radius 3 is 2.41 bits per heavy atom. The number of morpholine rings is 1. The van der Waals surface area contributed by atoms with E-state index in [1.165, 1.54) is 0 Å². The molecule has 3 rings (SSSR count). The lowest BCUT2D eigenvalue weighted by molar-refractivity contribution is -0.137. The molecular weight excluding hydrogens is 536 g/mol. The first-order valence-corrected chi connectivity index (χ1v) is 10.4. The highest BCUT2D eigenvalue weighted by Crippen LogP contribution is 2.31. The Balaban J connectivity index is 0.00000363. The minimum absolute atomic E-state index is 0. The standard InChI is InChI=1S/C21H29F3N6O.HI/c1-3-25-20(26-14-18-8-9-28-29(18)2)27-15-19(30-10-12-31-13-11-30)16-4-6-17(7-5-16)21(22,23)24;/h4-9,19H,3,10-15H2,1-2H3,(H2,25,26,27);1H. The maximum Gasteiger partial charge on any atom is 0.416 e. The van der Waals surface area contributed by atoms with Crippen molar-refractivity contribution in [2.45, 2.75) is 25.7 Å². The van der Waals surface area contributed by atoms with Gasteiger partial charge >= 0.3 is 6.18 Å². The zero-order valence-electron chi connectivity index (χ0n) is 18.2. The molecule has 1 fully saturated rings. The number of hydrogen-bond acceptors (Lipinski definition) is 4. The van der Waals surface area contributed by atoms with Crippen LogP contribution < -0.4 is 10.6 Å². The fourth-order valence-electron chi connectivity index (χ4n) is 3.49. The number of aliphatic imine (C=N–C) groups is 1. The van der Waals surface area contributed by atoms with Gasteiger partial charge in [-0.1, -0.05) is 12.1 Å². The quantitative estimate of drug-likeness (QED) is 0.307. The Morgan fingerprint density at radius 1 is 1.16 bits per heavy atom. The van der Waals surface area contributed by atoms with Crippen LogP contribution in [0, 0.1) is 0 Å². The highest BCUT2D eigenvalue weighted by Gasteiger charge is 2.31. The Hall–Kier alpha value is -1.86. The zero-order chi connectivity index (χ0) is 22.3. The molecule has 0 aliphatic carbocycles. The number of guanidine groups is 1. The van der Waals surface area contributed by atoms with Gasteiger partial charge in [0.2, 0.25) is 0 Å². The van der Waals surface area contributed by atoms with Crippen LogP contribution in [0.3, 0.4) is 0 Å². The summed E-state index contributed by atoms with van der Waals surface area (Å²) in [4.78, 5) is 6.84. The molecule has 0 spiro atoms. The van der Waals surface area contributed by atoms with E-state index in [1.54, 1.807) is 23.0 Å². The van der Waals surface area contributed by atoms with Crippen LogP contribution in [0.1, 0.15) is 29.8 Å². The lowest BCUT2D eigenvalue weighted by Crippen LogP contribution is -2.46. The molecule has 2 heterocycles. The topological polar surface area (TPSA) is 66.7 Å². The molecule has 2 aromatic rings. The first-order valence-electron chi connectivity index (χ1n) is 10.4. The van der Waals surface area contributed by atoms with Gasteiger partial charge in [0.15, 0.2) is 5.96 Å². The van der Waals surface area contributed by atoms with E-state index in [0.29, 0.717) is 38.8 Å². The third-order valence-electron chi connectivity index (χ3n) is 5.24. The number of alkyl halides is 3. The molecule has 0 bridgehead atoms. The number of ether oxygens (including phenoxy) is 1. The highest BCUT2D eigenvalue weighted by molar-refractivity contribution is 14.0. The molecule has 1 atom stereocenters. The SMILES string of the molecule is CCNC(=NCc1ccnn1C)NCC(c1ccc(C(F)(F)F)cc1)N1CCOCC1.I. The second-order valence-corrected chi connectivity index (χ2v) is 7.31. The van der Waals surface area contributed by atoms with Gasteiger partial charge in [0.25, 0.3) is 0 Å². The Morgan fingerprint density at radius 2 is 1.84 bits per heavy atom. The summed E-state index contributed by atoms with van der Waals surface area (Å²) in [6.45, 7) is 6.29. The van der Waals surface area contributed by atoms with E-state index in [-0.39, 0.29) is 30.0 Å². The molecule has 32 heavy (non-hydrogen) atoms. The minimum atomic E-state index is -4.35. The van der Waals surface area contributed by atoms with Crippen LogP contribution >= 0.6 is 24.0 Å². The molecule has 1 aliphatic heterocycles. The van der Waals surface area contributed by atoms with Gasteiger partial charge in [0, 0.05) is 39.4 Å². The number of aryl methyl sites for hydroxylation is 1. The van der Waals surface area contributed by atoms with Crippen molar-refractivity contribution in [1.82, 2.24) is 25.3 Å². The van der Waals surface area contributed by atoms with Gasteiger partial charge in [0.1, 0.15) is 0 Å². The van der Waals surface area contributed by atoms with Crippen molar-refractivity contribution in [3.8, 4) is 0 Å². The monoisotopic (exact) mass is 566 g/mol. The van der Waals surface area contributed by atoms with Gasteiger partial charge in [-0.3, -0.25) is 9.58 Å². The molecule has 7 nitrogen and oxygen atoms in total. The van der Waals surface area contributed by atoms with Gasteiger partial charge in [-0.05, 0) is 30.7 Å². The lowest BCUT2D eigenvalue weighted by Gasteiger charge is -2.35. The van der Waals surface area contributed by atoms with E-state index in [9.17, 15) is 13.2 Å². The van der Waals surface area contributed by atoms with Crippen LogP contribution in [-0.4, -0.2) is 60.0 Å². The molecule has 0 radical (unpaired) electrons. The van der Waals surface area contributed by atoms with Crippen molar-refractivity contribution < 1.29 is 17.9 Å². The maximum atomic E-state index is 13.0. The molecule has 1 unspecified atom stereocenters. The summed E-state index contributed by atoms with van der Waals surface area (Å²) in [6, 6.07) is 7.21. The first-order chi connectivity index (χ1) is 14.9. The van der Waals surface area contributed by atoms with Crippen LogP contribution in [0.25, 0.3) is 0 Å². The third kappa shape index (κ3) is 7.34. The molecule has 178 valence electrons. The number of benzene rings is 1. The van der Waals surface area contributed by atoms with Gasteiger partial charge in [0.05, 0.1) is 37.1 Å². The summed E-state index contributed by atoms with van der Waals surface area (Å²) < 4.78 is 46.1. The smallest absolute Gasteiger partial charge is 0.379 e. The van der Waals surface area contributed by atoms with Crippen LogP contribution in [0.2, 0.25) is 0 Å². The minimum Gasteiger partial charge on any atom is -0.379 e. The van der Waals surface area contributed by atoms with Crippen LogP contribution in [0.5, 0.6) is 0 Å². The van der Waals surface area contributed by atoms with E-state index in [1.807, 2.05) is 20.0 Å². The zero-order valence-corrected chi connectivity index (χ0v) is 20.6. The number of nitrogens with one attached hydrogen (secondary N) is 2. The average molecular weight is 566 g/mol. The lowest BCUT2D eigenvalue weighted by atomic mass is 10.0. The summed E-state index contributed by atoms with van der Waals surface area (Å²) in [5.74, 6) is 0.647. The highest BCUT2D eigenvalue weighted by atomic mass is 127. The second-order valence-electron chi connectivity index (χ2n) is 7.31. The largest absolute Gasteiger partial charge is 0.416 e. The van der Waals surface area contributed by atoms with E-state index in [4.69, 9.17) is 4.74 Å². The van der Waals surface area contributed by atoms with Gasteiger partial charge < -0.3 is 15.4 Å². The summed E-state index contributed by atoms with van der Waals surface area (Å²) >= 11 is 0. The molecular formula is C21H30F3IN6O. The van der Waals surface area contributed by atoms with E-state index in [2.05, 4.69) is 25.6 Å². The second kappa shape index (κ2) is 12.4. The number of rotatable bonds is 7. The Kier molecular flexibility index (Phi) is 10.2. The van der Waals surface area contributed by atoms with Crippen LogP contribution in [0.15, 0.2) is 41.5 Å². The molecule has 1 aromatic heterocycles. The van der Waals surface area contributed by atoms with Crippen LogP contribution in [-0.2, 0) is 24.5 Å². The van der Waals surface area contributed by atoms with Crippen molar-refractivity contribution in [1.29, 1.82) is 0 Å². The molecule has 1 saturated heterocycles. The summed E-state index contributed by atoms with van der Waals surface area (Å²) in [6.07, 6.45) is -2.62. The summed E-state index contributed by atoms with van der Waals surface area (Å²) in [5, 5.41) is 10.7. The third-order valence-corrected chi connectivity index (χ3v) is 5.24. The summed E-state index contributed by atoms with van der Waals surface area (Å²) in [7, 11) is 1.87. The van der Waals surface area contributed by atoms with Crippen molar-refractivity contribution >= 4 is 29.9 Å². The van der Waals surface area contributed by atoms with Gasteiger partial charge in [-0.25, -0.2) is 4.99 Å². The normalized spacial score (nSPS) is 16.3. The molecule has 0 saturated carbocycles. The van der Waals surface area contributed by atoms with Crippen molar-refractivity contribution in [2.75, 3.05) is 39.4 Å². The van der Waals surface area contributed by atoms with Gasteiger partial charge in [-0.2, -0.15) is 18.3 Å². The van der Waals surface area contributed by atoms with E-state index >= 15 is 0 Å². The molecule has 2 N–H and O–H groups in total. The van der Waals surface area contributed by atoms with E-state index < -0.39 is 11.7 Å². The predicted octanol–water partition coefficient (Wildman–Crippen LogP) is 3.19. The number of aromatic nitrogens is 2. The Labute approximate surface area is 203 Å². The number of nitrogens with zero attached hydrogens (tertiary/aromatic N) is 4. The predicted molar refractivity (Wildman–Crippen MR) is 128 cm³/mol. The van der Waals surface area contributed by atoms with E-state index in [0.717, 1.165) is 36.5 Å².